The molecule has 2 heterocycles. The molecule has 1 aliphatic carbocycles. The van der Waals surface area contributed by atoms with Crippen molar-refractivity contribution in [1.29, 1.82) is 0 Å². The molecule has 11 heteroatoms. The third kappa shape index (κ3) is 5.17. The van der Waals surface area contributed by atoms with Crippen molar-refractivity contribution in [2.45, 2.75) is 51.2 Å². The first-order valence-corrected chi connectivity index (χ1v) is 10.4. The molecule has 4 rings (SSSR count). The van der Waals surface area contributed by atoms with Crippen LogP contribution in [-0.2, 0) is 23.8 Å². The van der Waals surface area contributed by atoms with Gasteiger partial charge in [0.15, 0.2) is 0 Å². The first-order chi connectivity index (χ1) is 14.7. The lowest BCUT2D eigenvalue weighted by Gasteiger charge is -2.35. The summed E-state index contributed by atoms with van der Waals surface area (Å²) in [4.78, 5) is 22.8. The molecule has 32 heavy (non-hydrogen) atoms. The predicted octanol–water partition coefficient (Wildman–Crippen LogP) is 3.84. The van der Waals surface area contributed by atoms with Gasteiger partial charge in [-0.1, -0.05) is 0 Å². The van der Waals surface area contributed by atoms with Crippen molar-refractivity contribution in [2.24, 2.45) is 0 Å². The Morgan fingerprint density at radius 1 is 1.22 bits per heavy atom. The van der Waals surface area contributed by atoms with Gasteiger partial charge in [0, 0.05) is 43.0 Å². The number of rotatable bonds is 4. The van der Waals surface area contributed by atoms with Gasteiger partial charge >= 0.3 is 6.18 Å². The lowest BCUT2D eigenvalue weighted by atomic mass is 10.0. The molecule has 0 bridgehead atoms. The normalized spacial score (nSPS) is 18.0. The quantitative estimate of drug-likeness (QED) is 0.588. The fourth-order valence-electron chi connectivity index (χ4n) is 4.31. The molecule has 0 spiro atoms. The Bertz CT molecular complexity index is 1000. The van der Waals surface area contributed by atoms with Crippen LogP contribution in [0.25, 0.3) is 0 Å². The summed E-state index contributed by atoms with van der Waals surface area (Å²) >= 11 is 0. The number of halogens is 4. The van der Waals surface area contributed by atoms with Gasteiger partial charge in [0.25, 0.3) is 0 Å². The van der Waals surface area contributed by atoms with Crippen LogP contribution < -0.4 is 21.3 Å². The van der Waals surface area contributed by atoms with Crippen LogP contribution in [0.2, 0.25) is 0 Å². The number of nitrogen functional groups attached to an aromatic ring is 1. The summed E-state index contributed by atoms with van der Waals surface area (Å²) in [6, 6.07) is 3.72. The lowest BCUT2D eigenvalue weighted by Crippen LogP contribution is -2.47. The van der Waals surface area contributed by atoms with Gasteiger partial charge in [0.2, 0.25) is 11.9 Å². The standard InChI is InChI=1S/C21H25F3N6O.ClH/c1-12(31)26-14-4-3-9-30(11-14)19-15-5-2-6-18(15)28-20(29-19)27-13-7-8-17(25)16(10-13)21(22,23)24;/h7-8,10,14H,2-6,9,11,25H2,1H3,(H,26,31)(H,27,28,29);1H. The Kier molecular flexibility index (Phi) is 7.02. The van der Waals surface area contributed by atoms with E-state index >= 15 is 0 Å². The van der Waals surface area contributed by atoms with E-state index in [9.17, 15) is 18.0 Å². The summed E-state index contributed by atoms with van der Waals surface area (Å²) in [6.07, 6.45) is -0.0916. The van der Waals surface area contributed by atoms with E-state index in [1.165, 1.54) is 19.1 Å². The number of alkyl halides is 3. The number of anilines is 4. The van der Waals surface area contributed by atoms with E-state index in [-0.39, 0.29) is 41.7 Å². The Balaban J connectivity index is 0.00000289. The minimum Gasteiger partial charge on any atom is -0.398 e. The second-order valence-corrected chi connectivity index (χ2v) is 8.06. The molecular weight excluding hydrogens is 445 g/mol. The molecule has 2 aliphatic rings. The van der Waals surface area contributed by atoms with E-state index in [0.29, 0.717) is 6.54 Å². The summed E-state index contributed by atoms with van der Waals surface area (Å²) in [6.45, 7) is 2.95. The number of fused-ring (bicyclic) bond motifs is 1. The van der Waals surface area contributed by atoms with Crippen LogP contribution in [0, 0.1) is 0 Å². The molecule has 7 nitrogen and oxygen atoms in total. The van der Waals surface area contributed by atoms with Crippen LogP contribution >= 0.6 is 12.4 Å². The van der Waals surface area contributed by atoms with E-state index in [1.54, 1.807) is 0 Å². The molecule has 1 unspecified atom stereocenters. The maximum absolute atomic E-state index is 13.2. The third-order valence-electron chi connectivity index (χ3n) is 5.65. The molecule has 0 radical (unpaired) electrons. The number of carbonyl (C=O) groups excluding carboxylic acids is 1. The molecular formula is C21H26ClF3N6O. The first-order valence-electron chi connectivity index (χ1n) is 10.4. The van der Waals surface area contributed by atoms with Crippen LogP contribution in [-0.4, -0.2) is 35.0 Å². The number of benzene rings is 1. The van der Waals surface area contributed by atoms with Crippen LogP contribution in [0.5, 0.6) is 0 Å². The van der Waals surface area contributed by atoms with Crippen LogP contribution in [0.3, 0.4) is 0 Å². The van der Waals surface area contributed by atoms with Crippen molar-refractivity contribution < 1.29 is 18.0 Å². The molecule has 1 aromatic carbocycles. The molecule has 174 valence electrons. The van der Waals surface area contributed by atoms with Gasteiger partial charge in [-0.2, -0.15) is 18.2 Å². The number of aromatic nitrogens is 2. The minimum absolute atomic E-state index is 0. The molecule has 0 saturated carbocycles. The Labute approximate surface area is 190 Å². The van der Waals surface area contributed by atoms with Crippen molar-refractivity contribution in [2.75, 3.05) is 29.0 Å². The number of nitrogens with one attached hydrogen (secondary N) is 2. The van der Waals surface area contributed by atoms with E-state index in [1.807, 2.05) is 0 Å². The fraction of sp³-hybridized carbons (Fsp3) is 0.476. The van der Waals surface area contributed by atoms with Crippen molar-refractivity contribution in [3.63, 3.8) is 0 Å². The second-order valence-electron chi connectivity index (χ2n) is 8.06. The summed E-state index contributed by atoms with van der Waals surface area (Å²) in [5, 5.41) is 5.89. The van der Waals surface area contributed by atoms with E-state index in [2.05, 4.69) is 25.5 Å². The number of hydrogen-bond acceptors (Lipinski definition) is 6. The zero-order chi connectivity index (χ0) is 22.2. The number of amides is 1. The van der Waals surface area contributed by atoms with E-state index in [4.69, 9.17) is 5.73 Å². The Morgan fingerprint density at radius 2 is 2.00 bits per heavy atom. The first kappa shape index (κ1) is 23.9. The highest BCUT2D eigenvalue weighted by atomic mass is 35.5. The maximum Gasteiger partial charge on any atom is 0.418 e. The topological polar surface area (TPSA) is 96.2 Å². The smallest absolute Gasteiger partial charge is 0.398 e. The van der Waals surface area contributed by atoms with Crippen molar-refractivity contribution in [1.82, 2.24) is 15.3 Å². The van der Waals surface area contributed by atoms with Crippen LogP contribution in [0.15, 0.2) is 18.2 Å². The van der Waals surface area contributed by atoms with Gasteiger partial charge in [-0.3, -0.25) is 4.79 Å². The number of piperidine rings is 1. The predicted molar refractivity (Wildman–Crippen MR) is 119 cm³/mol. The molecule has 2 aromatic rings. The maximum atomic E-state index is 13.2. The summed E-state index contributed by atoms with van der Waals surface area (Å²) in [5.41, 5.74) is 6.50. The molecule has 1 aliphatic heterocycles. The fourth-order valence-corrected chi connectivity index (χ4v) is 4.31. The molecule has 1 atom stereocenters. The van der Waals surface area contributed by atoms with Gasteiger partial charge in [0.05, 0.1) is 11.3 Å². The summed E-state index contributed by atoms with van der Waals surface area (Å²) in [7, 11) is 0. The lowest BCUT2D eigenvalue weighted by molar-refractivity contribution is -0.136. The number of hydrogen-bond donors (Lipinski definition) is 3. The summed E-state index contributed by atoms with van der Waals surface area (Å²) in [5.74, 6) is 0.993. The second kappa shape index (κ2) is 9.40. The van der Waals surface area contributed by atoms with E-state index < -0.39 is 11.7 Å². The highest BCUT2D eigenvalue weighted by molar-refractivity contribution is 5.85. The van der Waals surface area contributed by atoms with Gasteiger partial charge in [0.1, 0.15) is 5.82 Å². The van der Waals surface area contributed by atoms with Crippen molar-refractivity contribution in [3.8, 4) is 0 Å². The van der Waals surface area contributed by atoms with Gasteiger partial charge < -0.3 is 21.3 Å². The number of nitrogens with zero attached hydrogens (tertiary/aromatic N) is 3. The summed E-state index contributed by atoms with van der Waals surface area (Å²) < 4.78 is 39.6. The van der Waals surface area contributed by atoms with E-state index in [0.717, 1.165) is 61.8 Å². The average molecular weight is 471 g/mol. The minimum atomic E-state index is -4.54. The third-order valence-corrected chi connectivity index (χ3v) is 5.65. The SMILES string of the molecule is CC(=O)NC1CCCN(c2nc(Nc3ccc(N)c(C(F)(F)F)c3)nc3c2CCC3)C1.Cl. The monoisotopic (exact) mass is 470 g/mol. The molecule has 1 saturated heterocycles. The molecule has 1 fully saturated rings. The van der Waals surface area contributed by atoms with Gasteiger partial charge in [-0.15, -0.1) is 12.4 Å². The largest absolute Gasteiger partial charge is 0.418 e. The van der Waals surface area contributed by atoms with Crippen LogP contribution in [0.4, 0.5) is 36.3 Å². The number of nitrogens with two attached hydrogens (primary N) is 1. The Morgan fingerprint density at radius 3 is 2.72 bits per heavy atom. The zero-order valence-corrected chi connectivity index (χ0v) is 18.4. The average Bonchev–Trinajstić information content (AvgIpc) is 3.16. The van der Waals surface area contributed by atoms with Crippen LogP contribution in [0.1, 0.15) is 43.0 Å². The van der Waals surface area contributed by atoms with Crippen molar-refractivity contribution in [3.05, 3.63) is 35.0 Å². The molecule has 1 aromatic heterocycles. The zero-order valence-electron chi connectivity index (χ0n) is 17.6. The van der Waals surface area contributed by atoms with Gasteiger partial charge in [-0.05, 0) is 50.3 Å². The van der Waals surface area contributed by atoms with Crippen molar-refractivity contribution >= 4 is 41.5 Å². The van der Waals surface area contributed by atoms with Gasteiger partial charge in [-0.25, -0.2) is 4.98 Å². The number of aryl methyl sites for hydroxylation is 1. The number of carbonyl (C=O) groups is 1. The molecule has 1 amide bonds. The highest BCUT2D eigenvalue weighted by Crippen LogP contribution is 2.36. The highest BCUT2D eigenvalue weighted by Gasteiger charge is 2.33. The molecule has 4 N–H and O–H groups in total. The Hall–Kier alpha value is -2.75.